The molecule has 0 fully saturated rings. The van der Waals surface area contributed by atoms with E-state index in [9.17, 15) is 22.8 Å². The highest BCUT2D eigenvalue weighted by molar-refractivity contribution is 5.88. The summed E-state index contributed by atoms with van der Waals surface area (Å²) in [5.74, 6) is -2.92. The lowest BCUT2D eigenvalue weighted by Gasteiger charge is -2.12. The molecular formula is C10H7F3O4. The van der Waals surface area contributed by atoms with Crippen LogP contribution in [0.4, 0.5) is 13.2 Å². The largest absolute Gasteiger partial charge is 0.481 e. The maximum Gasteiger partial charge on any atom is 0.416 e. The molecule has 0 spiro atoms. The van der Waals surface area contributed by atoms with Crippen LogP contribution in [0.5, 0.6) is 0 Å². The van der Waals surface area contributed by atoms with E-state index in [0.29, 0.717) is 6.07 Å². The van der Waals surface area contributed by atoms with Crippen molar-refractivity contribution in [3.63, 3.8) is 0 Å². The predicted molar refractivity (Wildman–Crippen MR) is 49.7 cm³/mol. The lowest BCUT2D eigenvalue weighted by atomic mass is 10.0. The van der Waals surface area contributed by atoms with Gasteiger partial charge in [-0.15, -0.1) is 0 Å². The van der Waals surface area contributed by atoms with Crippen molar-refractivity contribution >= 4 is 11.9 Å². The maximum absolute atomic E-state index is 12.6. The van der Waals surface area contributed by atoms with Crippen molar-refractivity contribution < 1.29 is 33.0 Å². The standard InChI is InChI=1S/C10H7F3O4/c11-10(12,13)7-3-6(9(16)17)2-1-5(7)4-8(14)15/h1-3H,4H2,(H,14,15)(H,16,17). The summed E-state index contributed by atoms with van der Waals surface area (Å²) in [5.41, 5.74) is -2.23. The van der Waals surface area contributed by atoms with E-state index in [-0.39, 0.29) is 0 Å². The Bertz CT molecular complexity index is 465. The van der Waals surface area contributed by atoms with E-state index in [1.54, 1.807) is 0 Å². The van der Waals surface area contributed by atoms with Crippen LogP contribution in [0.15, 0.2) is 18.2 Å². The van der Waals surface area contributed by atoms with Gasteiger partial charge in [0.25, 0.3) is 0 Å². The van der Waals surface area contributed by atoms with Crippen molar-refractivity contribution in [3.05, 3.63) is 34.9 Å². The average molecular weight is 248 g/mol. The highest BCUT2D eigenvalue weighted by Gasteiger charge is 2.34. The first-order valence-corrected chi connectivity index (χ1v) is 4.37. The third-order valence-electron chi connectivity index (χ3n) is 2.00. The van der Waals surface area contributed by atoms with Gasteiger partial charge in [-0.05, 0) is 17.7 Å². The van der Waals surface area contributed by atoms with Crippen LogP contribution in [0.1, 0.15) is 21.5 Å². The number of hydrogen-bond donors (Lipinski definition) is 2. The molecule has 17 heavy (non-hydrogen) atoms. The van der Waals surface area contributed by atoms with Crippen molar-refractivity contribution in [1.82, 2.24) is 0 Å². The molecule has 0 aliphatic heterocycles. The quantitative estimate of drug-likeness (QED) is 0.858. The normalized spacial score (nSPS) is 11.2. The van der Waals surface area contributed by atoms with Gasteiger partial charge >= 0.3 is 18.1 Å². The number of aliphatic carboxylic acids is 1. The van der Waals surface area contributed by atoms with Crippen molar-refractivity contribution in [2.75, 3.05) is 0 Å². The molecule has 92 valence electrons. The summed E-state index contributed by atoms with van der Waals surface area (Å²) in [5, 5.41) is 17.0. The Kier molecular flexibility index (Phi) is 3.40. The van der Waals surface area contributed by atoms with Crippen LogP contribution < -0.4 is 0 Å². The van der Waals surface area contributed by atoms with Crippen LogP contribution in [-0.4, -0.2) is 22.2 Å². The Morgan fingerprint density at radius 1 is 1.18 bits per heavy atom. The summed E-state index contributed by atoms with van der Waals surface area (Å²) in [6.07, 6.45) is -5.59. The van der Waals surface area contributed by atoms with Crippen molar-refractivity contribution in [1.29, 1.82) is 0 Å². The molecule has 0 aliphatic rings. The number of rotatable bonds is 3. The van der Waals surface area contributed by atoms with Gasteiger partial charge in [0.1, 0.15) is 0 Å². The summed E-state index contributed by atoms with van der Waals surface area (Å²) >= 11 is 0. The molecule has 0 amide bonds. The number of halogens is 3. The molecule has 4 nitrogen and oxygen atoms in total. The number of alkyl halides is 3. The minimum atomic E-state index is -4.78. The van der Waals surface area contributed by atoms with Crippen molar-refractivity contribution in [3.8, 4) is 0 Å². The van der Waals surface area contributed by atoms with Crippen LogP contribution in [0, 0.1) is 0 Å². The molecule has 0 heterocycles. The van der Waals surface area contributed by atoms with Gasteiger partial charge in [-0.2, -0.15) is 13.2 Å². The van der Waals surface area contributed by atoms with E-state index >= 15 is 0 Å². The van der Waals surface area contributed by atoms with E-state index in [1.807, 2.05) is 0 Å². The third-order valence-corrected chi connectivity index (χ3v) is 2.00. The molecule has 0 radical (unpaired) electrons. The minimum absolute atomic E-state index is 0.431. The lowest BCUT2D eigenvalue weighted by Crippen LogP contribution is -2.13. The first-order chi connectivity index (χ1) is 7.71. The zero-order valence-electron chi connectivity index (χ0n) is 8.28. The monoisotopic (exact) mass is 248 g/mol. The molecule has 0 saturated heterocycles. The van der Waals surface area contributed by atoms with Gasteiger partial charge in [-0.3, -0.25) is 4.79 Å². The summed E-state index contributed by atoms with van der Waals surface area (Å²) in [7, 11) is 0. The molecule has 0 unspecified atom stereocenters. The van der Waals surface area contributed by atoms with Crippen LogP contribution in [-0.2, 0) is 17.4 Å². The molecular weight excluding hydrogens is 241 g/mol. The first-order valence-electron chi connectivity index (χ1n) is 4.37. The molecule has 0 aromatic heterocycles. The van der Waals surface area contributed by atoms with E-state index in [0.717, 1.165) is 12.1 Å². The number of carboxylic acid groups (broad SMARTS) is 2. The molecule has 2 N–H and O–H groups in total. The fraction of sp³-hybridized carbons (Fsp3) is 0.200. The molecule has 0 atom stereocenters. The maximum atomic E-state index is 12.6. The Hall–Kier alpha value is -2.05. The molecule has 1 rings (SSSR count). The van der Waals surface area contributed by atoms with E-state index in [2.05, 4.69) is 0 Å². The summed E-state index contributed by atoms with van der Waals surface area (Å²) < 4.78 is 37.7. The number of benzene rings is 1. The van der Waals surface area contributed by atoms with Gasteiger partial charge in [0, 0.05) is 0 Å². The van der Waals surface area contributed by atoms with E-state index in [1.165, 1.54) is 0 Å². The van der Waals surface area contributed by atoms with Gasteiger partial charge in [-0.1, -0.05) is 6.07 Å². The fourth-order valence-electron chi connectivity index (χ4n) is 1.29. The second-order valence-electron chi connectivity index (χ2n) is 3.25. The van der Waals surface area contributed by atoms with Gasteiger partial charge in [-0.25, -0.2) is 4.79 Å². The summed E-state index contributed by atoms with van der Waals surface area (Å²) in [6, 6.07) is 2.23. The number of aromatic carboxylic acids is 1. The number of hydrogen-bond acceptors (Lipinski definition) is 2. The zero-order chi connectivity index (χ0) is 13.2. The molecule has 0 aliphatic carbocycles. The Morgan fingerprint density at radius 2 is 1.76 bits per heavy atom. The van der Waals surface area contributed by atoms with Crippen molar-refractivity contribution in [2.24, 2.45) is 0 Å². The van der Waals surface area contributed by atoms with Gasteiger partial charge in [0.15, 0.2) is 0 Å². The molecule has 1 aromatic rings. The van der Waals surface area contributed by atoms with Crippen LogP contribution in [0.2, 0.25) is 0 Å². The summed E-state index contributed by atoms with van der Waals surface area (Å²) in [4.78, 5) is 20.9. The highest BCUT2D eigenvalue weighted by Crippen LogP contribution is 2.33. The highest BCUT2D eigenvalue weighted by atomic mass is 19.4. The summed E-state index contributed by atoms with van der Waals surface area (Å²) in [6.45, 7) is 0. The Morgan fingerprint density at radius 3 is 2.18 bits per heavy atom. The minimum Gasteiger partial charge on any atom is -0.481 e. The topological polar surface area (TPSA) is 74.6 Å². The van der Waals surface area contributed by atoms with Crippen molar-refractivity contribution in [2.45, 2.75) is 12.6 Å². The van der Waals surface area contributed by atoms with E-state index < -0.39 is 41.2 Å². The second-order valence-corrected chi connectivity index (χ2v) is 3.25. The van der Waals surface area contributed by atoms with Gasteiger partial charge < -0.3 is 10.2 Å². The predicted octanol–water partition coefficient (Wildman–Crippen LogP) is 2.03. The first kappa shape index (κ1) is 13.0. The van der Waals surface area contributed by atoms with E-state index in [4.69, 9.17) is 10.2 Å². The van der Waals surface area contributed by atoms with Gasteiger partial charge in [0.05, 0.1) is 17.5 Å². The number of carbonyl (C=O) groups is 2. The van der Waals surface area contributed by atoms with Crippen LogP contribution in [0.3, 0.4) is 0 Å². The smallest absolute Gasteiger partial charge is 0.416 e. The Labute approximate surface area is 93.3 Å². The third kappa shape index (κ3) is 3.20. The second kappa shape index (κ2) is 4.44. The zero-order valence-corrected chi connectivity index (χ0v) is 8.28. The lowest BCUT2D eigenvalue weighted by molar-refractivity contribution is -0.139. The Balaban J connectivity index is 3.31. The van der Waals surface area contributed by atoms with Crippen LogP contribution in [0.25, 0.3) is 0 Å². The number of carboxylic acids is 2. The van der Waals surface area contributed by atoms with Crippen LogP contribution >= 0.6 is 0 Å². The fourth-order valence-corrected chi connectivity index (χ4v) is 1.29. The van der Waals surface area contributed by atoms with Gasteiger partial charge in [0.2, 0.25) is 0 Å². The average Bonchev–Trinajstić information content (AvgIpc) is 2.15. The molecule has 0 bridgehead atoms. The molecule has 7 heteroatoms. The SMILES string of the molecule is O=C(O)Cc1ccc(C(=O)O)cc1C(F)(F)F. The molecule has 0 saturated carbocycles. The molecule has 1 aromatic carbocycles.